The Morgan fingerprint density at radius 2 is 1.90 bits per heavy atom. The van der Waals surface area contributed by atoms with Gasteiger partial charge in [0, 0.05) is 42.7 Å². The zero-order chi connectivity index (χ0) is 21.3. The second kappa shape index (κ2) is 8.22. The smallest absolute Gasteiger partial charge is 0.301 e. The van der Waals surface area contributed by atoms with Gasteiger partial charge in [0.05, 0.1) is 17.3 Å². The quantitative estimate of drug-likeness (QED) is 0.566. The van der Waals surface area contributed by atoms with Crippen LogP contribution in [0, 0.1) is 6.92 Å². The molecule has 0 unspecified atom stereocenters. The van der Waals surface area contributed by atoms with E-state index in [1.807, 2.05) is 36.0 Å². The molecule has 1 aliphatic heterocycles. The van der Waals surface area contributed by atoms with Crippen LogP contribution in [-0.4, -0.2) is 39.3 Å². The van der Waals surface area contributed by atoms with E-state index in [0.29, 0.717) is 18.7 Å². The Morgan fingerprint density at radius 1 is 1.10 bits per heavy atom. The topological polar surface area (TPSA) is 34.0 Å². The van der Waals surface area contributed by atoms with Crippen LogP contribution in [0.1, 0.15) is 42.1 Å². The summed E-state index contributed by atoms with van der Waals surface area (Å²) in [4.78, 5) is 6.45. The van der Waals surface area contributed by atoms with Crippen molar-refractivity contribution in [1.29, 1.82) is 0 Å². The lowest BCUT2D eigenvalue weighted by Gasteiger charge is -2.23. The molecule has 4 rings (SSSR count). The maximum Gasteiger partial charge on any atom is 0.416 e. The van der Waals surface area contributed by atoms with Crippen molar-refractivity contribution >= 4 is 0 Å². The second-order valence-electron chi connectivity index (χ2n) is 7.89. The predicted octanol–water partition coefficient (Wildman–Crippen LogP) is 5.32. The summed E-state index contributed by atoms with van der Waals surface area (Å²) in [5.74, 6) is -0.277. The Labute approximate surface area is 174 Å². The van der Waals surface area contributed by atoms with Crippen LogP contribution in [0.3, 0.4) is 0 Å². The monoisotopic (exact) mass is 414 g/mol. The SMILES string of the molecule is CCCN1C[C@H](c2ccccc2C(F)(F)F)[C@@H](n2ccc(-c3ccnc(C)c3)n2)C1. The molecule has 30 heavy (non-hydrogen) atoms. The van der Waals surface area contributed by atoms with Gasteiger partial charge in [-0.3, -0.25) is 9.67 Å². The number of pyridine rings is 1. The van der Waals surface area contributed by atoms with Crippen LogP contribution in [-0.2, 0) is 6.18 Å². The van der Waals surface area contributed by atoms with Crippen molar-refractivity contribution in [3.05, 3.63) is 71.7 Å². The van der Waals surface area contributed by atoms with E-state index in [1.165, 1.54) is 12.1 Å². The fourth-order valence-corrected chi connectivity index (χ4v) is 4.40. The number of benzene rings is 1. The van der Waals surface area contributed by atoms with E-state index in [2.05, 4.69) is 16.8 Å². The first-order chi connectivity index (χ1) is 14.4. The molecule has 3 heterocycles. The Kier molecular flexibility index (Phi) is 5.64. The average Bonchev–Trinajstić information content (AvgIpc) is 3.35. The molecule has 2 aromatic heterocycles. The van der Waals surface area contributed by atoms with Crippen molar-refractivity contribution < 1.29 is 13.2 Å². The molecule has 1 aromatic carbocycles. The number of alkyl halides is 3. The number of halogens is 3. The molecule has 0 saturated carbocycles. The molecule has 1 saturated heterocycles. The summed E-state index contributed by atoms with van der Waals surface area (Å²) in [5.41, 5.74) is 2.46. The summed E-state index contributed by atoms with van der Waals surface area (Å²) in [5, 5.41) is 4.75. The molecule has 0 radical (unpaired) electrons. The number of aromatic nitrogens is 3. The van der Waals surface area contributed by atoms with Gasteiger partial charge in [0.1, 0.15) is 0 Å². The Bertz CT molecular complexity index is 1010. The molecule has 1 fully saturated rings. The Hall–Kier alpha value is -2.67. The van der Waals surface area contributed by atoms with E-state index in [-0.39, 0.29) is 12.0 Å². The molecule has 0 spiro atoms. The van der Waals surface area contributed by atoms with Gasteiger partial charge in [-0.15, -0.1) is 0 Å². The predicted molar refractivity (Wildman–Crippen MR) is 110 cm³/mol. The minimum absolute atomic E-state index is 0.156. The summed E-state index contributed by atoms with van der Waals surface area (Å²) in [6.07, 6.45) is 0.212. The Morgan fingerprint density at radius 3 is 2.63 bits per heavy atom. The van der Waals surface area contributed by atoms with Gasteiger partial charge < -0.3 is 4.90 Å². The summed E-state index contributed by atoms with van der Waals surface area (Å²) in [6, 6.07) is 11.6. The van der Waals surface area contributed by atoms with Gasteiger partial charge in [-0.05, 0) is 49.7 Å². The van der Waals surface area contributed by atoms with Gasteiger partial charge >= 0.3 is 6.18 Å². The highest BCUT2D eigenvalue weighted by molar-refractivity contribution is 5.58. The number of likely N-dealkylation sites (tertiary alicyclic amines) is 1. The van der Waals surface area contributed by atoms with Crippen LogP contribution < -0.4 is 0 Å². The maximum absolute atomic E-state index is 13.7. The molecule has 7 heteroatoms. The van der Waals surface area contributed by atoms with E-state index in [9.17, 15) is 13.2 Å². The Balaban J connectivity index is 1.71. The summed E-state index contributed by atoms with van der Waals surface area (Å²) in [6.45, 7) is 6.14. The van der Waals surface area contributed by atoms with Crippen molar-refractivity contribution in [1.82, 2.24) is 19.7 Å². The molecule has 2 atom stereocenters. The number of rotatable bonds is 5. The number of hydrogen-bond donors (Lipinski definition) is 0. The van der Waals surface area contributed by atoms with E-state index < -0.39 is 11.7 Å². The maximum atomic E-state index is 13.7. The normalized spacial score (nSPS) is 20.0. The fraction of sp³-hybridized carbons (Fsp3) is 0.391. The lowest BCUT2D eigenvalue weighted by Crippen LogP contribution is -2.22. The standard InChI is InChI=1S/C23H25F3N4/c1-3-11-29-14-19(18-6-4-5-7-20(18)23(24,25)26)22(15-29)30-12-9-21(28-30)17-8-10-27-16(2)13-17/h4-10,12-13,19,22H,3,11,14-15H2,1-2H3/t19-,22+/m1/s1. The fourth-order valence-electron chi connectivity index (χ4n) is 4.40. The lowest BCUT2D eigenvalue weighted by molar-refractivity contribution is -0.138. The van der Waals surface area contributed by atoms with Gasteiger partial charge in [-0.2, -0.15) is 18.3 Å². The molecule has 0 bridgehead atoms. The third-order valence-electron chi connectivity index (χ3n) is 5.71. The second-order valence-corrected chi connectivity index (χ2v) is 7.89. The van der Waals surface area contributed by atoms with Crippen molar-refractivity contribution in [2.45, 2.75) is 38.4 Å². The molecule has 0 amide bonds. The van der Waals surface area contributed by atoms with E-state index >= 15 is 0 Å². The first-order valence-corrected chi connectivity index (χ1v) is 10.2. The first-order valence-electron chi connectivity index (χ1n) is 10.2. The number of nitrogens with zero attached hydrogens (tertiary/aromatic N) is 4. The van der Waals surface area contributed by atoms with E-state index in [4.69, 9.17) is 5.10 Å². The van der Waals surface area contributed by atoms with Crippen LogP contribution in [0.25, 0.3) is 11.3 Å². The third kappa shape index (κ3) is 4.12. The molecular formula is C23H25F3N4. The molecule has 158 valence electrons. The zero-order valence-electron chi connectivity index (χ0n) is 17.1. The molecule has 3 aromatic rings. The van der Waals surface area contributed by atoms with E-state index in [0.717, 1.165) is 29.9 Å². The summed E-state index contributed by atoms with van der Waals surface area (Å²) < 4.78 is 42.9. The minimum Gasteiger partial charge on any atom is -0.301 e. The largest absolute Gasteiger partial charge is 0.416 e. The molecule has 1 aliphatic rings. The molecular weight excluding hydrogens is 389 g/mol. The van der Waals surface area contributed by atoms with Crippen LogP contribution in [0.4, 0.5) is 13.2 Å². The van der Waals surface area contributed by atoms with Crippen LogP contribution in [0.2, 0.25) is 0 Å². The minimum atomic E-state index is -4.37. The van der Waals surface area contributed by atoms with Crippen molar-refractivity contribution in [3.63, 3.8) is 0 Å². The highest BCUT2D eigenvalue weighted by Crippen LogP contribution is 2.42. The summed E-state index contributed by atoms with van der Waals surface area (Å²) in [7, 11) is 0. The van der Waals surface area contributed by atoms with Crippen molar-refractivity contribution in [3.8, 4) is 11.3 Å². The van der Waals surface area contributed by atoms with Gasteiger partial charge in [0.2, 0.25) is 0 Å². The van der Waals surface area contributed by atoms with Crippen molar-refractivity contribution in [2.75, 3.05) is 19.6 Å². The average molecular weight is 414 g/mol. The lowest BCUT2D eigenvalue weighted by atomic mass is 9.90. The summed E-state index contributed by atoms with van der Waals surface area (Å²) >= 11 is 0. The van der Waals surface area contributed by atoms with Crippen LogP contribution in [0.5, 0.6) is 0 Å². The van der Waals surface area contributed by atoms with Gasteiger partial charge in [-0.1, -0.05) is 25.1 Å². The number of hydrogen-bond acceptors (Lipinski definition) is 3. The van der Waals surface area contributed by atoms with Crippen LogP contribution in [0.15, 0.2) is 54.9 Å². The molecule has 0 aliphatic carbocycles. The number of aryl methyl sites for hydroxylation is 1. The van der Waals surface area contributed by atoms with Crippen molar-refractivity contribution in [2.24, 2.45) is 0 Å². The van der Waals surface area contributed by atoms with Crippen LogP contribution >= 0.6 is 0 Å². The first kappa shape index (κ1) is 20.6. The van der Waals surface area contributed by atoms with Gasteiger partial charge in [0.25, 0.3) is 0 Å². The molecule has 0 N–H and O–H groups in total. The third-order valence-corrected chi connectivity index (χ3v) is 5.71. The van der Waals surface area contributed by atoms with Gasteiger partial charge in [-0.25, -0.2) is 0 Å². The van der Waals surface area contributed by atoms with Gasteiger partial charge in [0.15, 0.2) is 0 Å². The van der Waals surface area contributed by atoms with E-state index in [1.54, 1.807) is 18.3 Å². The molecule has 4 nitrogen and oxygen atoms in total. The zero-order valence-corrected chi connectivity index (χ0v) is 17.1. The highest BCUT2D eigenvalue weighted by atomic mass is 19.4. The highest BCUT2D eigenvalue weighted by Gasteiger charge is 2.41.